The van der Waals surface area contributed by atoms with Crippen LogP contribution < -0.4 is 15.4 Å². The average molecular weight is 305 g/mol. The van der Waals surface area contributed by atoms with Crippen LogP contribution in [-0.2, 0) is 11.3 Å². The number of nitrogens with one attached hydrogen (secondary N) is 2. The van der Waals surface area contributed by atoms with Gasteiger partial charge in [-0.15, -0.1) is 0 Å². The number of likely N-dealkylation sites (N-methyl/N-ethyl adjacent to an activating group) is 1. The number of para-hydroxylation sites is 1. The highest BCUT2D eigenvalue weighted by Crippen LogP contribution is 2.17. The number of carbonyl (C=O) groups excluding carboxylic acids is 1. The molecule has 2 N–H and O–H groups in total. The minimum Gasteiger partial charge on any atom is -0.496 e. The summed E-state index contributed by atoms with van der Waals surface area (Å²) in [6.07, 6.45) is 2.49. The van der Waals surface area contributed by atoms with Gasteiger partial charge in [-0.25, -0.2) is 0 Å². The summed E-state index contributed by atoms with van der Waals surface area (Å²) in [6, 6.07) is 8.31. The molecule has 1 saturated heterocycles. The Morgan fingerprint density at radius 3 is 3.00 bits per heavy atom. The van der Waals surface area contributed by atoms with Crippen molar-refractivity contribution in [2.75, 3.05) is 33.3 Å². The van der Waals surface area contributed by atoms with Gasteiger partial charge >= 0.3 is 0 Å². The molecule has 22 heavy (non-hydrogen) atoms. The van der Waals surface area contributed by atoms with Crippen LogP contribution in [0.4, 0.5) is 0 Å². The number of ether oxygens (including phenoxy) is 1. The van der Waals surface area contributed by atoms with Gasteiger partial charge in [0.15, 0.2) is 0 Å². The van der Waals surface area contributed by atoms with Crippen LogP contribution in [0.15, 0.2) is 24.3 Å². The van der Waals surface area contributed by atoms with Crippen LogP contribution in [0.1, 0.15) is 25.3 Å². The van der Waals surface area contributed by atoms with Crippen molar-refractivity contribution >= 4 is 5.91 Å². The number of hydrogen-bond acceptors (Lipinski definition) is 4. The molecule has 0 saturated carbocycles. The molecule has 0 bridgehead atoms. The summed E-state index contributed by atoms with van der Waals surface area (Å²) in [6.45, 7) is 6.21. The lowest BCUT2D eigenvalue weighted by Crippen LogP contribution is -2.41. The maximum Gasteiger partial charge on any atom is 0.234 e. The van der Waals surface area contributed by atoms with Crippen molar-refractivity contribution in [3.63, 3.8) is 0 Å². The van der Waals surface area contributed by atoms with Gasteiger partial charge in [-0.1, -0.05) is 25.1 Å². The standard InChI is InChI=1S/C17H27N3O2/c1-3-20-10-6-8-15(20)12-18-13-17(21)19-11-14-7-4-5-9-16(14)22-2/h4-5,7,9,15,18H,3,6,8,10-13H2,1-2H3,(H,19,21). The molecule has 0 spiro atoms. The topological polar surface area (TPSA) is 53.6 Å². The van der Waals surface area contributed by atoms with E-state index in [4.69, 9.17) is 4.74 Å². The van der Waals surface area contributed by atoms with E-state index < -0.39 is 0 Å². The van der Waals surface area contributed by atoms with Gasteiger partial charge in [0.1, 0.15) is 5.75 Å². The fourth-order valence-corrected chi connectivity index (χ4v) is 3.00. The van der Waals surface area contributed by atoms with Gasteiger partial charge in [0.2, 0.25) is 5.91 Å². The molecule has 1 amide bonds. The first-order valence-corrected chi connectivity index (χ1v) is 8.08. The van der Waals surface area contributed by atoms with Crippen LogP contribution in [0.3, 0.4) is 0 Å². The van der Waals surface area contributed by atoms with Crippen LogP contribution in [-0.4, -0.2) is 50.1 Å². The van der Waals surface area contributed by atoms with E-state index in [1.54, 1.807) is 7.11 Å². The molecule has 0 aromatic heterocycles. The van der Waals surface area contributed by atoms with Crippen molar-refractivity contribution in [2.45, 2.75) is 32.4 Å². The van der Waals surface area contributed by atoms with Crippen molar-refractivity contribution in [1.29, 1.82) is 0 Å². The molecule has 1 heterocycles. The third kappa shape index (κ3) is 4.71. The van der Waals surface area contributed by atoms with Crippen LogP contribution in [0, 0.1) is 0 Å². The molecule has 122 valence electrons. The van der Waals surface area contributed by atoms with Crippen LogP contribution in [0.2, 0.25) is 0 Å². The Labute approximate surface area is 133 Å². The molecule has 1 aromatic carbocycles. The predicted octanol–water partition coefficient (Wildman–Crippen LogP) is 1.39. The third-order valence-corrected chi connectivity index (χ3v) is 4.24. The third-order valence-electron chi connectivity index (χ3n) is 4.24. The SMILES string of the molecule is CCN1CCCC1CNCC(=O)NCc1ccccc1OC. The molecule has 1 aliphatic rings. The first-order valence-electron chi connectivity index (χ1n) is 8.08. The van der Waals surface area contributed by atoms with Crippen LogP contribution >= 0.6 is 0 Å². The highest BCUT2D eigenvalue weighted by Gasteiger charge is 2.22. The molecular weight excluding hydrogens is 278 g/mol. The molecule has 1 fully saturated rings. The van der Waals surface area contributed by atoms with E-state index in [1.807, 2.05) is 24.3 Å². The van der Waals surface area contributed by atoms with E-state index in [2.05, 4.69) is 22.5 Å². The van der Waals surface area contributed by atoms with Gasteiger partial charge in [-0.2, -0.15) is 0 Å². The Bertz CT molecular complexity index is 479. The zero-order chi connectivity index (χ0) is 15.8. The van der Waals surface area contributed by atoms with E-state index in [1.165, 1.54) is 19.4 Å². The summed E-state index contributed by atoms with van der Waals surface area (Å²) in [4.78, 5) is 14.4. The second kappa shape index (κ2) is 8.76. The Hall–Kier alpha value is -1.59. The monoisotopic (exact) mass is 305 g/mol. The Morgan fingerprint density at radius 2 is 2.23 bits per heavy atom. The van der Waals surface area contributed by atoms with Crippen molar-refractivity contribution in [1.82, 2.24) is 15.5 Å². The molecule has 0 radical (unpaired) electrons. The van der Waals surface area contributed by atoms with Gasteiger partial charge in [-0.05, 0) is 32.0 Å². The van der Waals surface area contributed by atoms with Gasteiger partial charge < -0.3 is 15.4 Å². The number of benzene rings is 1. The maximum absolute atomic E-state index is 11.9. The summed E-state index contributed by atoms with van der Waals surface area (Å²) < 4.78 is 5.28. The van der Waals surface area contributed by atoms with Crippen molar-refractivity contribution in [3.05, 3.63) is 29.8 Å². The molecule has 1 aliphatic heterocycles. The number of likely N-dealkylation sites (tertiary alicyclic amines) is 1. The lowest BCUT2D eigenvalue weighted by molar-refractivity contribution is -0.120. The minimum absolute atomic E-state index is 0.0203. The first-order chi connectivity index (χ1) is 10.7. The number of nitrogens with zero attached hydrogens (tertiary/aromatic N) is 1. The predicted molar refractivity (Wildman–Crippen MR) is 88.0 cm³/mol. The quantitative estimate of drug-likeness (QED) is 0.762. The van der Waals surface area contributed by atoms with Gasteiger partial charge in [0.05, 0.1) is 13.7 Å². The molecule has 5 heteroatoms. The summed E-state index contributed by atoms with van der Waals surface area (Å²) in [5.41, 5.74) is 0.992. The number of amides is 1. The van der Waals surface area contributed by atoms with Crippen LogP contribution in [0.5, 0.6) is 5.75 Å². The largest absolute Gasteiger partial charge is 0.496 e. The Balaban J connectivity index is 1.68. The van der Waals surface area contributed by atoms with Gasteiger partial charge in [0, 0.05) is 24.7 Å². The van der Waals surface area contributed by atoms with Crippen LogP contribution in [0.25, 0.3) is 0 Å². The molecule has 1 atom stereocenters. The fourth-order valence-electron chi connectivity index (χ4n) is 3.00. The highest BCUT2D eigenvalue weighted by molar-refractivity contribution is 5.78. The first kappa shape index (κ1) is 16.8. The van der Waals surface area contributed by atoms with E-state index in [9.17, 15) is 4.79 Å². The number of hydrogen-bond donors (Lipinski definition) is 2. The lowest BCUT2D eigenvalue weighted by atomic mass is 10.2. The highest BCUT2D eigenvalue weighted by atomic mass is 16.5. The number of carbonyl (C=O) groups is 1. The maximum atomic E-state index is 11.9. The van der Waals surface area contributed by atoms with Crippen molar-refractivity contribution < 1.29 is 9.53 Å². The second-order valence-corrected chi connectivity index (χ2v) is 5.64. The van der Waals surface area contributed by atoms with Crippen molar-refractivity contribution in [3.8, 4) is 5.75 Å². The van der Waals surface area contributed by atoms with Gasteiger partial charge in [-0.3, -0.25) is 9.69 Å². The normalized spacial score (nSPS) is 18.4. The molecule has 1 aromatic rings. The summed E-state index contributed by atoms with van der Waals surface area (Å²) in [5, 5.41) is 6.20. The summed E-state index contributed by atoms with van der Waals surface area (Å²) in [7, 11) is 1.64. The summed E-state index contributed by atoms with van der Waals surface area (Å²) >= 11 is 0. The number of rotatable bonds is 8. The second-order valence-electron chi connectivity index (χ2n) is 5.64. The number of methoxy groups -OCH3 is 1. The van der Waals surface area contributed by atoms with E-state index in [0.717, 1.165) is 24.4 Å². The molecule has 1 unspecified atom stereocenters. The molecule has 0 aliphatic carbocycles. The minimum atomic E-state index is 0.0203. The van der Waals surface area contributed by atoms with Crippen molar-refractivity contribution in [2.24, 2.45) is 0 Å². The summed E-state index contributed by atoms with van der Waals surface area (Å²) in [5.74, 6) is 0.826. The lowest BCUT2D eigenvalue weighted by Gasteiger charge is -2.22. The van der Waals surface area contributed by atoms with E-state index in [-0.39, 0.29) is 5.91 Å². The fraction of sp³-hybridized carbons (Fsp3) is 0.588. The molecule has 2 rings (SSSR count). The zero-order valence-corrected chi connectivity index (χ0v) is 13.6. The molecular formula is C17H27N3O2. The Morgan fingerprint density at radius 1 is 1.41 bits per heavy atom. The van der Waals surface area contributed by atoms with E-state index in [0.29, 0.717) is 19.1 Å². The molecule has 5 nitrogen and oxygen atoms in total. The zero-order valence-electron chi connectivity index (χ0n) is 13.6. The van der Waals surface area contributed by atoms with Gasteiger partial charge in [0.25, 0.3) is 0 Å². The Kier molecular flexibility index (Phi) is 6.68. The average Bonchev–Trinajstić information content (AvgIpc) is 3.00. The van der Waals surface area contributed by atoms with E-state index >= 15 is 0 Å². The smallest absolute Gasteiger partial charge is 0.234 e.